The molecule has 1 N–H and O–H groups in total. The summed E-state index contributed by atoms with van der Waals surface area (Å²) in [5, 5.41) is 19.9. The number of hydrogen-bond donors (Lipinski definition) is 1. The molecule has 0 radical (unpaired) electrons. The van der Waals surface area contributed by atoms with Crippen LogP contribution >= 0.6 is 34.8 Å². The summed E-state index contributed by atoms with van der Waals surface area (Å²) in [4.78, 5) is 17.4. The van der Waals surface area contributed by atoms with Gasteiger partial charge in [0.2, 0.25) is 0 Å². The van der Waals surface area contributed by atoms with Crippen LogP contribution < -0.4 is 5.69 Å². The third-order valence-corrected chi connectivity index (χ3v) is 5.93. The number of hydrogen-bond acceptors (Lipinski definition) is 5. The van der Waals surface area contributed by atoms with E-state index in [0.29, 0.717) is 21.3 Å². The Morgan fingerprint density at radius 2 is 1.69 bits per heavy atom. The van der Waals surface area contributed by atoms with Gasteiger partial charge < -0.3 is 5.11 Å². The van der Waals surface area contributed by atoms with Gasteiger partial charge in [0.05, 0.1) is 17.1 Å². The van der Waals surface area contributed by atoms with E-state index in [4.69, 9.17) is 34.8 Å². The van der Waals surface area contributed by atoms with Gasteiger partial charge in [-0.05, 0) is 49.4 Å². The van der Waals surface area contributed by atoms with E-state index in [9.17, 15) is 23.1 Å². The fourth-order valence-electron chi connectivity index (χ4n) is 3.46. The van der Waals surface area contributed by atoms with Gasteiger partial charge in [0, 0.05) is 22.2 Å². The summed E-state index contributed by atoms with van der Waals surface area (Å²) >= 11 is 18.3. The molecule has 0 aliphatic carbocycles. The third kappa shape index (κ3) is 5.75. The summed E-state index contributed by atoms with van der Waals surface area (Å²) in [6.07, 6.45) is -6.75. The second-order valence-corrected chi connectivity index (χ2v) is 9.14. The van der Waals surface area contributed by atoms with Crippen LogP contribution in [0.25, 0.3) is 17.1 Å². The molecule has 2 heterocycles. The summed E-state index contributed by atoms with van der Waals surface area (Å²) in [5.74, 6) is 0.234. The van der Waals surface area contributed by atoms with Crippen LogP contribution in [0.1, 0.15) is 31.1 Å². The van der Waals surface area contributed by atoms with Crippen LogP contribution in [0.4, 0.5) is 13.2 Å². The molecule has 0 fully saturated rings. The average Bonchev–Trinajstić information content (AvgIpc) is 3.36. The number of rotatable bonds is 7. The standard InChI is InChI=1S/C22H18Cl3F3N6O2/c1-12(35)19-29-18(30-34(19)17-10-15(24)6-7-16(17)25)11-33-21(36)32(9-8-22(26,27)28)20(31-33)13-2-4-14(23)5-3-13/h2-7,10,12,35H,8-9,11H2,1H3. The van der Waals surface area contributed by atoms with Gasteiger partial charge in [0.25, 0.3) is 0 Å². The number of aliphatic hydroxyl groups excluding tert-OH is 1. The van der Waals surface area contributed by atoms with Gasteiger partial charge in [-0.15, -0.1) is 10.2 Å². The summed E-state index contributed by atoms with van der Waals surface area (Å²) in [5.41, 5.74) is -0.0186. The van der Waals surface area contributed by atoms with Crippen molar-refractivity contribution in [1.29, 1.82) is 0 Å². The van der Waals surface area contributed by atoms with Crippen molar-refractivity contribution in [1.82, 2.24) is 29.1 Å². The molecule has 8 nitrogen and oxygen atoms in total. The summed E-state index contributed by atoms with van der Waals surface area (Å²) in [6, 6.07) is 10.9. The first-order valence-electron chi connectivity index (χ1n) is 10.5. The molecule has 0 saturated carbocycles. The van der Waals surface area contributed by atoms with E-state index in [1.807, 2.05) is 0 Å². The zero-order chi connectivity index (χ0) is 26.2. The monoisotopic (exact) mass is 560 g/mol. The van der Waals surface area contributed by atoms with Gasteiger partial charge in [-0.25, -0.2) is 19.1 Å². The zero-order valence-electron chi connectivity index (χ0n) is 18.5. The smallest absolute Gasteiger partial charge is 0.385 e. The van der Waals surface area contributed by atoms with Gasteiger partial charge in [-0.2, -0.15) is 13.2 Å². The fourth-order valence-corrected chi connectivity index (χ4v) is 3.95. The van der Waals surface area contributed by atoms with Crippen LogP contribution in [0.3, 0.4) is 0 Å². The summed E-state index contributed by atoms with van der Waals surface area (Å²) < 4.78 is 42.0. The molecule has 0 amide bonds. The molecule has 190 valence electrons. The molecule has 36 heavy (non-hydrogen) atoms. The fraction of sp³-hybridized carbons (Fsp3) is 0.273. The quantitative estimate of drug-likeness (QED) is 0.330. The Morgan fingerprint density at radius 3 is 2.33 bits per heavy atom. The van der Waals surface area contributed by atoms with Crippen molar-refractivity contribution in [3.8, 4) is 17.1 Å². The number of aromatic nitrogens is 6. The molecule has 0 bridgehead atoms. The maximum atomic E-state index is 13.1. The molecule has 4 rings (SSSR count). The Labute approximate surface area is 217 Å². The number of benzene rings is 2. The van der Waals surface area contributed by atoms with Crippen LogP contribution in [0, 0.1) is 0 Å². The van der Waals surface area contributed by atoms with Gasteiger partial charge in [-0.3, -0.25) is 4.57 Å². The van der Waals surface area contributed by atoms with E-state index >= 15 is 0 Å². The SMILES string of the molecule is CC(O)c1nc(Cn2nc(-c3ccc(Cl)cc3)n(CCC(F)(F)F)c2=O)nn1-c1cc(Cl)ccc1Cl. The number of alkyl halides is 3. The molecule has 4 aromatic rings. The summed E-state index contributed by atoms with van der Waals surface area (Å²) in [7, 11) is 0. The van der Waals surface area contributed by atoms with Gasteiger partial charge in [0.15, 0.2) is 17.5 Å². The molecule has 2 aromatic carbocycles. The molecule has 1 atom stereocenters. The first kappa shape index (κ1) is 26.2. The van der Waals surface area contributed by atoms with Crippen LogP contribution in [0.2, 0.25) is 15.1 Å². The maximum Gasteiger partial charge on any atom is 0.390 e. The predicted molar refractivity (Wildman–Crippen MR) is 129 cm³/mol. The largest absolute Gasteiger partial charge is 0.390 e. The lowest BCUT2D eigenvalue weighted by molar-refractivity contribution is -0.136. The van der Waals surface area contributed by atoms with Crippen molar-refractivity contribution < 1.29 is 18.3 Å². The lowest BCUT2D eigenvalue weighted by atomic mass is 10.2. The van der Waals surface area contributed by atoms with Gasteiger partial charge in [-0.1, -0.05) is 34.8 Å². The molecule has 0 aliphatic heterocycles. The van der Waals surface area contributed by atoms with E-state index in [1.165, 1.54) is 17.7 Å². The van der Waals surface area contributed by atoms with Crippen LogP contribution in [-0.4, -0.2) is 40.4 Å². The van der Waals surface area contributed by atoms with Crippen LogP contribution in [0.15, 0.2) is 47.3 Å². The van der Waals surface area contributed by atoms with Crippen molar-refractivity contribution in [2.75, 3.05) is 0 Å². The second kappa shape index (κ2) is 10.3. The highest BCUT2D eigenvalue weighted by atomic mass is 35.5. The van der Waals surface area contributed by atoms with Gasteiger partial charge in [0.1, 0.15) is 12.6 Å². The average molecular weight is 562 g/mol. The molecule has 0 aliphatic rings. The minimum atomic E-state index is -4.47. The maximum absolute atomic E-state index is 13.1. The number of halogens is 6. The predicted octanol–water partition coefficient (Wildman–Crippen LogP) is 5.31. The Kier molecular flexibility index (Phi) is 7.46. The first-order chi connectivity index (χ1) is 16.9. The Morgan fingerprint density at radius 1 is 1.03 bits per heavy atom. The topological polar surface area (TPSA) is 90.8 Å². The molecule has 2 aromatic heterocycles. The number of aliphatic hydroxyl groups is 1. The van der Waals surface area contributed by atoms with Crippen LogP contribution in [0.5, 0.6) is 0 Å². The van der Waals surface area contributed by atoms with E-state index in [0.717, 1.165) is 9.25 Å². The van der Waals surface area contributed by atoms with E-state index < -0.39 is 30.9 Å². The first-order valence-corrected chi connectivity index (χ1v) is 11.7. The molecule has 14 heteroatoms. The van der Waals surface area contributed by atoms with E-state index in [2.05, 4.69) is 15.2 Å². The lowest BCUT2D eigenvalue weighted by Gasteiger charge is -2.09. The third-order valence-electron chi connectivity index (χ3n) is 5.12. The van der Waals surface area contributed by atoms with Crippen molar-refractivity contribution in [2.24, 2.45) is 0 Å². The normalized spacial score (nSPS) is 12.8. The van der Waals surface area contributed by atoms with E-state index in [-0.39, 0.29) is 29.0 Å². The Bertz CT molecular complexity index is 1440. The van der Waals surface area contributed by atoms with Crippen molar-refractivity contribution >= 4 is 34.8 Å². The molecule has 0 saturated heterocycles. The second-order valence-electron chi connectivity index (χ2n) is 7.86. The van der Waals surface area contributed by atoms with Gasteiger partial charge >= 0.3 is 11.9 Å². The minimum Gasteiger partial charge on any atom is -0.385 e. The molecular weight excluding hydrogens is 544 g/mol. The van der Waals surface area contributed by atoms with Crippen molar-refractivity contribution in [3.63, 3.8) is 0 Å². The van der Waals surface area contributed by atoms with Crippen LogP contribution in [-0.2, 0) is 13.1 Å². The zero-order valence-corrected chi connectivity index (χ0v) is 20.8. The van der Waals surface area contributed by atoms with Crippen molar-refractivity contribution in [2.45, 2.75) is 38.7 Å². The Hall–Kier alpha value is -2.86. The molecule has 0 spiro atoms. The molecule has 1 unspecified atom stereocenters. The lowest BCUT2D eigenvalue weighted by Crippen LogP contribution is -2.27. The highest BCUT2D eigenvalue weighted by Crippen LogP contribution is 2.27. The molecular formula is C22H18Cl3F3N6O2. The van der Waals surface area contributed by atoms with E-state index in [1.54, 1.807) is 36.4 Å². The highest BCUT2D eigenvalue weighted by molar-refractivity contribution is 6.34. The number of nitrogens with zero attached hydrogens (tertiary/aromatic N) is 6. The van der Waals surface area contributed by atoms with Crippen molar-refractivity contribution in [3.05, 3.63) is 79.7 Å². The minimum absolute atomic E-state index is 0.0361. The summed E-state index contributed by atoms with van der Waals surface area (Å²) in [6.45, 7) is 0.571. The Balaban J connectivity index is 1.76. The highest BCUT2D eigenvalue weighted by Gasteiger charge is 2.29.